The number of hydrogen-bond acceptors (Lipinski definition) is 3. The molecular formula is C6H7IN2O. The van der Waals surface area contributed by atoms with Crippen molar-refractivity contribution >= 4 is 22.6 Å². The first kappa shape index (κ1) is 7.71. The van der Waals surface area contributed by atoms with E-state index in [1.807, 2.05) is 13.0 Å². The van der Waals surface area contributed by atoms with Gasteiger partial charge in [0.2, 0.25) is 5.88 Å². The molecule has 0 saturated carbocycles. The third kappa shape index (κ3) is 1.56. The van der Waals surface area contributed by atoms with Gasteiger partial charge in [0.1, 0.15) is 0 Å². The maximum atomic E-state index is 4.92. The molecule has 0 aliphatic carbocycles. The fourth-order valence-corrected chi connectivity index (χ4v) is 1.36. The lowest BCUT2D eigenvalue weighted by Gasteiger charge is -1.99. The average molecular weight is 250 g/mol. The van der Waals surface area contributed by atoms with Gasteiger partial charge >= 0.3 is 0 Å². The van der Waals surface area contributed by atoms with Crippen molar-refractivity contribution in [2.75, 3.05) is 7.11 Å². The predicted molar refractivity (Wildman–Crippen MR) is 46.0 cm³/mol. The maximum Gasteiger partial charge on any atom is 0.246 e. The Morgan fingerprint density at radius 3 is 2.70 bits per heavy atom. The molecule has 0 fully saturated rings. The molecule has 1 heterocycles. The van der Waals surface area contributed by atoms with Crippen molar-refractivity contribution in [1.29, 1.82) is 0 Å². The summed E-state index contributed by atoms with van der Waals surface area (Å²) in [6, 6.07) is 1.92. The average Bonchev–Trinajstić information content (AvgIpc) is 1.88. The highest BCUT2D eigenvalue weighted by Gasteiger charge is 1.99. The summed E-state index contributed by atoms with van der Waals surface area (Å²) in [6.07, 6.45) is 0. The first-order valence-electron chi connectivity index (χ1n) is 2.78. The molecular weight excluding hydrogens is 243 g/mol. The smallest absolute Gasteiger partial charge is 0.246 e. The van der Waals surface area contributed by atoms with Crippen LogP contribution in [0.3, 0.4) is 0 Å². The summed E-state index contributed by atoms with van der Waals surface area (Å²) >= 11 is 2.16. The van der Waals surface area contributed by atoms with Gasteiger partial charge in [-0.1, -0.05) is 0 Å². The van der Waals surface area contributed by atoms with Crippen molar-refractivity contribution in [3.05, 3.63) is 15.3 Å². The van der Waals surface area contributed by atoms with Gasteiger partial charge in [0.15, 0.2) is 0 Å². The highest BCUT2D eigenvalue weighted by molar-refractivity contribution is 14.1. The van der Waals surface area contributed by atoms with Gasteiger partial charge in [0.25, 0.3) is 0 Å². The van der Waals surface area contributed by atoms with Crippen LogP contribution in [0.25, 0.3) is 0 Å². The van der Waals surface area contributed by atoms with Crippen LogP contribution >= 0.6 is 22.6 Å². The Labute approximate surface area is 72.9 Å². The van der Waals surface area contributed by atoms with Gasteiger partial charge in [0.05, 0.1) is 16.4 Å². The predicted octanol–water partition coefficient (Wildman–Crippen LogP) is 1.40. The molecule has 0 bridgehead atoms. The van der Waals surface area contributed by atoms with Crippen LogP contribution in [0.1, 0.15) is 5.69 Å². The second-order valence-corrected chi connectivity index (χ2v) is 3.01. The number of rotatable bonds is 1. The Balaban J connectivity index is 3.07. The summed E-state index contributed by atoms with van der Waals surface area (Å²) in [5.74, 6) is 0.589. The molecule has 10 heavy (non-hydrogen) atoms. The Kier molecular flexibility index (Phi) is 2.42. The molecule has 0 spiro atoms. The summed E-state index contributed by atoms with van der Waals surface area (Å²) in [5.41, 5.74) is 0.908. The molecule has 0 amide bonds. The van der Waals surface area contributed by atoms with Crippen molar-refractivity contribution in [3.8, 4) is 5.88 Å². The second kappa shape index (κ2) is 3.14. The SMILES string of the molecule is COc1nnc(C)cc1I. The lowest BCUT2D eigenvalue weighted by atomic mass is 10.4. The van der Waals surface area contributed by atoms with Crippen molar-refractivity contribution in [1.82, 2.24) is 10.2 Å². The van der Waals surface area contributed by atoms with Crippen LogP contribution < -0.4 is 4.74 Å². The molecule has 54 valence electrons. The number of methoxy groups -OCH3 is 1. The standard InChI is InChI=1S/C6H7IN2O/c1-4-3-5(7)6(10-2)9-8-4/h3H,1-2H3. The lowest BCUT2D eigenvalue weighted by Crippen LogP contribution is -1.94. The van der Waals surface area contributed by atoms with Crippen LogP contribution in [-0.2, 0) is 0 Å². The summed E-state index contributed by atoms with van der Waals surface area (Å²) in [6.45, 7) is 1.90. The van der Waals surface area contributed by atoms with E-state index in [1.54, 1.807) is 7.11 Å². The van der Waals surface area contributed by atoms with Gasteiger partial charge in [0, 0.05) is 0 Å². The zero-order valence-electron chi connectivity index (χ0n) is 5.76. The Morgan fingerprint density at radius 1 is 1.50 bits per heavy atom. The summed E-state index contributed by atoms with van der Waals surface area (Å²) < 4.78 is 5.91. The zero-order valence-corrected chi connectivity index (χ0v) is 7.92. The monoisotopic (exact) mass is 250 g/mol. The normalized spacial score (nSPS) is 9.50. The molecule has 0 unspecified atom stereocenters. The van der Waals surface area contributed by atoms with E-state index in [0.717, 1.165) is 9.26 Å². The first-order chi connectivity index (χ1) is 4.74. The van der Waals surface area contributed by atoms with E-state index in [0.29, 0.717) is 5.88 Å². The largest absolute Gasteiger partial charge is 0.479 e. The maximum absolute atomic E-state index is 4.92. The fourth-order valence-electron chi connectivity index (χ4n) is 0.584. The summed E-state index contributed by atoms with van der Waals surface area (Å²) in [7, 11) is 1.58. The molecule has 1 aromatic rings. The van der Waals surface area contributed by atoms with Crippen LogP contribution in [0.15, 0.2) is 6.07 Å². The number of nitrogens with zero attached hydrogens (tertiary/aromatic N) is 2. The van der Waals surface area contributed by atoms with E-state index in [9.17, 15) is 0 Å². The van der Waals surface area contributed by atoms with Crippen LogP contribution in [0.2, 0.25) is 0 Å². The van der Waals surface area contributed by atoms with Crippen molar-refractivity contribution < 1.29 is 4.74 Å². The quantitative estimate of drug-likeness (QED) is 0.706. The first-order valence-corrected chi connectivity index (χ1v) is 3.85. The zero-order chi connectivity index (χ0) is 7.56. The van der Waals surface area contributed by atoms with Crippen molar-refractivity contribution in [3.63, 3.8) is 0 Å². The molecule has 0 aliphatic rings. The lowest BCUT2D eigenvalue weighted by molar-refractivity contribution is 0.388. The Bertz CT molecular complexity index is 239. The van der Waals surface area contributed by atoms with Gasteiger partial charge in [-0.25, -0.2) is 0 Å². The second-order valence-electron chi connectivity index (χ2n) is 1.84. The highest BCUT2D eigenvalue weighted by Crippen LogP contribution is 2.15. The molecule has 3 nitrogen and oxygen atoms in total. The number of ether oxygens (including phenoxy) is 1. The molecule has 0 radical (unpaired) electrons. The molecule has 4 heteroatoms. The van der Waals surface area contributed by atoms with Gasteiger partial charge in [-0.05, 0) is 35.6 Å². The van der Waals surface area contributed by atoms with Gasteiger partial charge in [-0.15, -0.1) is 5.10 Å². The summed E-state index contributed by atoms with van der Waals surface area (Å²) in [4.78, 5) is 0. The van der Waals surface area contributed by atoms with E-state index in [4.69, 9.17) is 4.74 Å². The number of hydrogen-bond donors (Lipinski definition) is 0. The van der Waals surface area contributed by atoms with Crippen LogP contribution in [0.5, 0.6) is 5.88 Å². The van der Waals surface area contributed by atoms with Crippen LogP contribution in [0, 0.1) is 10.5 Å². The van der Waals surface area contributed by atoms with E-state index in [-0.39, 0.29) is 0 Å². The van der Waals surface area contributed by atoms with Gasteiger partial charge in [-0.3, -0.25) is 0 Å². The van der Waals surface area contributed by atoms with Crippen LogP contribution in [-0.4, -0.2) is 17.3 Å². The van der Waals surface area contributed by atoms with Crippen molar-refractivity contribution in [2.45, 2.75) is 6.92 Å². The number of halogens is 1. The molecule has 0 aliphatic heterocycles. The number of aryl methyl sites for hydroxylation is 1. The third-order valence-electron chi connectivity index (χ3n) is 1.03. The van der Waals surface area contributed by atoms with E-state index >= 15 is 0 Å². The molecule has 0 atom stereocenters. The molecule has 0 aromatic carbocycles. The highest BCUT2D eigenvalue weighted by atomic mass is 127. The van der Waals surface area contributed by atoms with E-state index in [2.05, 4.69) is 32.8 Å². The Hall–Kier alpha value is -0.390. The minimum Gasteiger partial charge on any atom is -0.479 e. The molecule has 1 rings (SSSR count). The summed E-state index contributed by atoms with van der Waals surface area (Å²) in [5, 5.41) is 7.65. The number of aromatic nitrogens is 2. The molecule has 0 N–H and O–H groups in total. The van der Waals surface area contributed by atoms with E-state index in [1.165, 1.54) is 0 Å². The van der Waals surface area contributed by atoms with Crippen molar-refractivity contribution in [2.24, 2.45) is 0 Å². The van der Waals surface area contributed by atoms with Gasteiger partial charge in [-0.2, -0.15) is 5.10 Å². The topological polar surface area (TPSA) is 35.0 Å². The minimum atomic E-state index is 0.589. The fraction of sp³-hybridized carbons (Fsp3) is 0.333. The Morgan fingerprint density at radius 2 is 2.20 bits per heavy atom. The molecule has 0 saturated heterocycles. The third-order valence-corrected chi connectivity index (χ3v) is 1.80. The van der Waals surface area contributed by atoms with E-state index < -0.39 is 0 Å². The van der Waals surface area contributed by atoms with Gasteiger partial charge < -0.3 is 4.74 Å². The molecule has 1 aromatic heterocycles. The van der Waals surface area contributed by atoms with Crippen LogP contribution in [0.4, 0.5) is 0 Å². The minimum absolute atomic E-state index is 0.589.